The standard InChI is InChI=1S/C24H21ClF3N5O3/c1-12-21(13-3-15(26)6-16(27)4-13)36-24(34)33(12)11-20-19(18-5-14(25)7-29-22(18)35-2)8-30-23(31-20)32-9-17(28)10-32/h3-8,12,17,21H,9-11H2,1-2H3/t12-,21-/m0/s1. The van der Waals surface area contributed by atoms with E-state index in [0.717, 1.165) is 18.2 Å². The van der Waals surface area contributed by atoms with Gasteiger partial charge in [0.15, 0.2) is 0 Å². The Morgan fingerprint density at radius 1 is 1.11 bits per heavy atom. The van der Waals surface area contributed by atoms with Gasteiger partial charge in [-0.05, 0) is 25.1 Å². The number of amides is 1. The molecule has 2 atom stereocenters. The van der Waals surface area contributed by atoms with E-state index in [1.54, 1.807) is 24.1 Å². The van der Waals surface area contributed by atoms with Crippen molar-refractivity contribution in [2.45, 2.75) is 31.8 Å². The first-order chi connectivity index (χ1) is 17.2. The number of methoxy groups -OCH3 is 1. The van der Waals surface area contributed by atoms with Crippen molar-refractivity contribution in [3.63, 3.8) is 0 Å². The third-order valence-corrected chi connectivity index (χ3v) is 6.41. The SMILES string of the molecule is COc1ncc(Cl)cc1-c1cnc(N2CC(F)C2)nc1CN1C(=O)O[C@H](c2cc(F)cc(F)c2)[C@@H]1C. The van der Waals surface area contributed by atoms with E-state index in [-0.39, 0.29) is 31.1 Å². The molecule has 3 aromatic rings. The van der Waals surface area contributed by atoms with Crippen molar-refractivity contribution in [1.82, 2.24) is 19.9 Å². The minimum absolute atomic E-state index is 0.0261. The number of halogens is 4. The number of anilines is 1. The monoisotopic (exact) mass is 519 g/mol. The van der Waals surface area contributed by atoms with Crippen LogP contribution in [0.15, 0.2) is 36.7 Å². The van der Waals surface area contributed by atoms with Crippen molar-refractivity contribution in [3.8, 4) is 17.0 Å². The molecule has 12 heteroatoms. The van der Waals surface area contributed by atoms with Crippen LogP contribution in [0.2, 0.25) is 5.02 Å². The third kappa shape index (κ3) is 4.50. The van der Waals surface area contributed by atoms with Gasteiger partial charge in [0.05, 0.1) is 43.5 Å². The van der Waals surface area contributed by atoms with E-state index < -0.39 is 36.0 Å². The highest BCUT2D eigenvalue weighted by Crippen LogP contribution is 2.37. The molecule has 188 valence electrons. The lowest BCUT2D eigenvalue weighted by atomic mass is 10.0. The Hall–Kier alpha value is -3.60. The van der Waals surface area contributed by atoms with Crippen molar-refractivity contribution in [2.24, 2.45) is 0 Å². The van der Waals surface area contributed by atoms with Crippen LogP contribution < -0.4 is 9.64 Å². The molecule has 2 saturated heterocycles. The molecule has 4 heterocycles. The Bertz CT molecular complexity index is 1300. The van der Waals surface area contributed by atoms with Gasteiger partial charge in [0.25, 0.3) is 0 Å². The van der Waals surface area contributed by atoms with Gasteiger partial charge in [-0.15, -0.1) is 0 Å². The highest BCUT2D eigenvalue weighted by molar-refractivity contribution is 6.30. The summed E-state index contributed by atoms with van der Waals surface area (Å²) in [4.78, 5) is 29.1. The molecule has 0 unspecified atom stereocenters. The number of ether oxygens (including phenoxy) is 2. The molecular weight excluding hydrogens is 499 g/mol. The Labute approximate surface area is 209 Å². The molecule has 2 fully saturated rings. The summed E-state index contributed by atoms with van der Waals surface area (Å²) in [5.74, 6) is -0.957. The average molecular weight is 520 g/mol. The molecule has 0 spiro atoms. The summed E-state index contributed by atoms with van der Waals surface area (Å²) in [6.45, 7) is 2.01. The fourth-order valence-corrected chi connectivity index (χ4v) is 4.49. The van der Waals surface area contributed by atoms with Crippen LogP contribution in [0.3, 0.4) is 0 Å². The van der Waals surface area contributed by atoms with Gasteiger partial charge in [-0.1, -0.05) is 11.6 Å². The number of benzene rings is 1. The highest BCUT2D eigenvalue weighted by Gasteiger charge is 2.41. The first kappa shape index (κ1) is 24.1. The fraction of sp³-hybridized carbons (Fsp3) is 0.333. The summed E-state index contributed by atoms with van der Waals surface area (Å²) in [6, 6.07) is 4.08. The second-order valence-corrected chi connectivity index (χ2v) is 9.06. The molecule has 5 rings (SSSR count). The number of aromatic nitrogens is 3. The van der Waals surface area contributed by atoms with E-state index >= 15 is 0 Å². The number of carbonyl (C=O) groups excluding carboxylic acids is 1. The van der Waals surface area contributed by atoms with Crippen LogP contribution in [0.5, 0.6) is 5.88 Å². The largest absolute Gasteiger partial charge is 0.481 e. The Kier molecular flexibility index (Phi) is 6.33. The van der Waals surface area contributed by atoms with E-state index in [2.05, 4.69) is 15.0 Å². The van der Waals surface area contributed by atoms with Crippen LogP contribution in [0, 0.1) is 11.6 Å². The van der Waals surface area contributed by atoms with E-state index in [4.69, 9.17) is 21.1 Å². The Morgan fingerprint density at radius 3 is 2.50 bits per heavy atom. The summed E-state index contributed by atoms with van der Waals surface area (Å²) in [5.41, 5.74) is 1.62. The number of carbonyl (C=O) groups is 1. The van der Waals surface area contributed by atoms with Crippen molar-refractivity contribution >= 4 is 23.6 Å². The second-order valence-electron chi connectivity index (χ2n) is 8.62. The molecule has 0 aliphatic carbocycles. The molecule has 2 aromatic heterocycles. The molecule has 1 aromatic carbocycles. The molecule has 2 aliphatic heterocycles. The minimum Gasteiger partial charge on any atom is -0.481 e. The van der Waals surface area contributed by atoms with Gasteiger partial charge in [-0.25, -0.2) is 32.9 Å². The fourth-order valence-electron chi connectivity index (χ4n) is 4.34. The Balaban J connectivity index is 1.52. The maximum Gasteiger partial charge on any atom is 0.411 e. The van der Waals surface area contributed by atoms with Crippen LogP contribution >= 0.6 is 11.6 Å². The van der Waals surface area contributed by atoms with Crippen LogP contribution in [-0.4, -0.2) is 58.4 Å². The lowest BCUT2D eigenvalue weighted by Gasteiger charge is -2.34. The zero-order valence-corrected chi connectivity index (χ0v) is 20.0. The predicted molar refractivity (Wildman–Crippen MR) is 125 cm³/mol. The zero-order chi connectivity index (χ0) is 25.6. The highest BCUT2D eigenvalue weighted by atomic mass is 35.5. The Morgan fingerprint density at radius 2 is 1.83 bits per heavy atom. The lowest BCUT2D eigenvalue weighted by Crippen LogP contribution is -2.49. The summed E-state index contributed by atoms with van der Waals surface area (Å²) in [6.07, 6.45) is 0.452. The van der Waals surface area contributed by atoms with Gasteiger partial charge in [-0.2, -0.15) is 0 Å². The first-order valence-electron chi connectivity index (χ1n) is 11.1. The minimum atomic E-state index is -0.963. The molecule has 0 N–H and O–H groups in total. The first-order valence-corrected chi connectivity index (χ1v) is 11.5. The predicted octanol–water partition coefficient (Wildman–Crippen LogP) is 4.72. The smallest absolute Gasteiger partial charge is 0.411 e. The van der Waals surface area contributed by atoms with Crippen molar-refractivity contribution in [1.29, 1.82) is 0 Å². The molecule has 1 amide bonds. The molecule has 2 aliphatic rings. The number of cyclic esters (lactones) is 1. The van der Waals surface area contributed by atoms with Gasteiger partial charge in [-0.3, -0.25) is 4.90 Å². The topological polar surface area (TPSA) is 80.7 Å². The van der Waals surface area contributed by atoms with Gasteiger partial charge < -0.3 is 14.4 Å². The molecule has 0 saturated carbocycles. The van der Waals surface area contributed by atoms with Crippen LogP contribution in [0.4, 0.5) is 23.9 Å². The molecule has 8 nitrogen and oxygen atoms in total. The van der Waals surface area contributed by atoms with E-state index in [0.29, 0.717) is 27.8 Å². The second kappa shape index (κ2) is 9.45. The number of pyridine rings is 1. The average Bonchev–Trinajstić information content (AvgIpc) is 3.10. The number of hydrogen-bond acceptors (Lipinski definition) is 7. The van der Waals surface area contributed by atoms with Gasteiger partial charge >= 0.3 is 6.09 Å². The molecule has 36 heavy (non-hydrogen) atoms. The molecule has 0 bridgehead atoms. The summed E-state index contributed by atoms with van der Waals surface area (Å²) in [5, 5.41) is 0.353. The van der Waals surface area contributed by atoms with Crippen molar-refractivity contribution in [2.75, 3.05) is 25.1 Å². The van der Waals surface area contributed by atoms with Crippen molar-refractivity contribution < 1.29 is 27.4 Å². The summed E-state index contributed by atoms with van der Waals surface area (Å²) < 4.78 is 52.0. The van der Waals surface area contributed by atoms with Crippen LogP contribution in [0.25, 0.3) is 11.1 Å². The third-order valence-electron chi connectivity index (χ3n) is 6.20. The number of hydrogen-bond donors (Lipinski definition) is 0. The van der Waals surface area contributed by atoms with Crippen LogP contribution in [0.1, 0.15) is 24.3 Å². The maximum atomic E-state index is 13.8. The van der Waals surface area contributed by atoms with Gasteiger partial charge in [0.2, 0.25) is 11.8 Å². The number of alkyl halides is 1. The van der Waals surface area contributed by atoms with E-state index in [1.807, 2.05) is 0 Å². The quantitative estimate of drug-likeness (QED) is 0.466. The van der Waals surface area contributed by atoms with E-state index in [9.17, 15) is 18.0 Å². The molecular formula is C24H21ClF3N5O3. The zero-order valence-electron chi connectivity index (χ0n) is 19.3. The lowest BCUT2D eigenvalue weighted by molar-refractivity contribution is 0.130. The number of nitrogens with zero attached hydrogens (tertiary/aromatic N) is 5. The summed E-state index contributed by atoms with van der Waals surface area (Å²) >= 11 is 6.18. The van der Waals surface area contributed by atoms with Crippen molar-refractivity contribution in [3.05, 3.63) is 64.6 Å². The van der Waals surface area contributed by atoms with Gasteiger partial charge in [0, 0.05) is 35.2 Å². The van der Waals surface area contributed by atoms with Gasteiger partial charge in [0.1, 0.15) is 23.9 Å². The van der Waals surface area contributed by atoms with Crippen LogP contribution in [-0.2, 0) is 11.3 Å². The normalized spacial score (nSPS) is 19.9. The van der Waals surface area contributed by atoms with E-state index in [1.165, 1.54) is 18.2 Å². The summed E-state index contributed by atoms with van der Waals surface area (Å²) in [7, 11) is 1.46. The number of rotatable bonds is 6. The molecule has 0 radical (unpaired) electrons. The maximum absolute atomic E-state index is 13.8.